The van der Waals surface area contributed by atoms with E-state index in [1.165, 1.54) is 6.42 Å². The van der Waals surface area contributed by atoms with Crippen LogP contribution in [0.15, 0.2) is 22.7 Å². The van der Waals surface area contributed by atoms with Gasteiger partial charge in [0.25, 0.3) is 5.91 Å². The normalized spacial score (nSPS) is 19.6. The molecule has 1 aliphatic heterocycles. The Morgan fingerprint density at radius 3 is 3.11 bits per heavy atom. The molecule has 1 aliphatic rings. The second kappa shape index (κ2) is 6.39. The van der Waals surface area contributed by atoms with E-state index in [4.69, 9.17) is 5.73 Å². The number of hydrogen-bond donors (Lipinski definition) is 2. The summed E-state index contributed by atoms with van der Waals surface area (Å²) in [5, 5.41) is 3.01. The maximum atomic E-state index is 12.2. The standard InChI is InChI=1S/C14H20BrN3O/c1-2-18-7-3-4-11(18)9-17-14(19)12-8-10(16)5-6-13(12)15/h5-6,8,11H,2-4,7,9,16H2,1H3,(H,17,19). The fourth-order valence-corrected chi connectivity index (χ4v) is 2.99. The van der Waals surface area contributed by atoms with Gasteiger partial charge >= 0.3 is 0 Å². The van der Waals surface area contributed by atoms with Gasteiger partial charge in [-0.25, -0.2) is 0 Å². The minimum absolute atomic E-state index is 0.0675. The number of nitrogen functional groups attached to an aromatic ring is 1. The zero-order valence-corrected chi connectivity index (χ0v) is 12.7. The van der Waals surface area contributed by atoms with Crippen LogP contribution in [0.4, 0.5) is 5.69 Å². The van der Waals surface area contributed by atoms with Crippen molar-refractivity contribution in [3.8, 4) is 0 Å². The lowest BCUT2D eigenvalue weighted by Crippen LogP contribution is -2.40. The van der Waals surface area contributed by atoms with Crippen molar-refractivity contribution in [2.45, 2.75) is 25.8 Å². The second-order valence-corrected chi connectivity index (χ2v) is 5.73. The third kappa shape index (κ3) is 3.48. The molecule has 0 bridgehead atoms. The van der Waals surface area contributed by atoms with Crippen molar-refractivity contribution in [1.82, 2.24) is 10.2 Å². The molecular weight excluding hydrogens is 306 g/mol. The Labute approximate surface area is 122 Å². The van der Waals surface area contributed by atoms with Gasteiger partial charge in [0.2, 0.25) is 0 Å². The van der Waals surface area contributed by atoms with Crippen LogP contribution in [0.25, 0.3) is 0 Å². The quantitative estimate of drug-likeness (QED) is 0.835. The van der Waals surface area contributed by atoms with E-state index in [9.17, 15) is 4.79 Å². The lowest BCUT2D eigenvalue weighted by Gasteiger charge is -2.23. The van der Waals surface area contributed by atoms with Gasteiger partial charge in [-0.15, -0.1) is 0 Å². The lowest BCUT2D eigenvalue weighted by atomic mass is 10.1. The molecule has 0 aliphatic carbocycles. The first-order valence-corrected chi connectivity index (χ1v) is 7.48. The molecule has 0 radical (unpaired) electrons. The molecule has 5 heteroatoms. The third-order valence-corrected chi connectivity index (χ3v) is 4.33. The fourth-order valence-electron chi connectivity index (χ4n) is 2.57. The number of halogens is 1. The van der Waals surface area contributed by atoms with Crippen molar-refractivity contribution in [3.05, 3.63) is 28.2 Å². The lowest BCUT2D eigenvalue weighted by molar-refractivity contribution is 0.0940. The zero-order chi connectivity index (χ0) is 13.8. The number of benzene rings is 1. The molecule has 0 saturated carbocycles. The van der Waals surface area contributed by atoms with Gasteiger partial charge in [-0.05, 0) is 60.1 Å². The molecule has 1 aromatic carbocycles. The van der Waals surface area contributed by atoms with Crippen LogP contribution in [0, 0.1) is 0 Å². The predicted octanol–water partition coefficient (Wildman–Crippen LogP) is 2.25. The third-order valence-electron chi connectivity index (χ3n) is 3.64. The maximum absolute atomic E-state index is 12.2. The average Bonchev–Trinajstić information content (AvgIpc) is 2.86. The fraction of sp³-hybridized carbons (Fsp3) is 0.500. The molecule has 1 aromatic rings. The molecule has 19 heavy (non-hydrogen) atoms. The van der Waals surface area contributed by atoms with Gasteiger partial charge in [-0.3, -0.25) is 9.69 Å². The Hall–Kier alpha value is -1.07. The first kappa shape index (κ1) is 14.3. The van der Waals surface area contributed by atoms with Crippen LogP contribution in [-0.2, 0) is 0 Å². The number of nitrogens with two attached hydrogens (primary N) is 1. The van der Waals surface area contributed by atoms with Gasteiger partial charge in [-0.2, -0.15) is 0 Å². The summed E-state index contributed by atoms with van der Waals surface area (Å²) in [5.74, 6) is -0.0675. The van der Waals surface area contributed by atoms with E-state index in [2.05, 4.69) is 33.1 Å². The number of likely N-dealkylation sites (tertiary alicyclic amines) is 1. The summed E-state index contributed by atoms with van der Waals surface area (Å²) in [4.78, 5) is 14.6. The summed E-state index contributed by atoms with van der Waals surface area (Å²) in [6.07, 6.45) is 2.38. The molecule has 4 nitrogen and oxygen atoms in total. The number of carbonyl (C=O) groups excluding carboxylic acids is 1. The predicted molar refractivity (Wildman–Crippen MR) is 81.2 cm³/mol. The number of hydrogen-bond acceptors (Lipinski definition) is 3. The Morgan fingerprint density at radius 1 is 1.58 bits per heavy atom. The molecule has 1 fully saturated rings. The van der Waals surface area contributed by atoms with Crippen molar-refractivity contribution in [3.63, 3.8) is 0 Å². The van der Waals surface area contributed by atoms with Gasteiger partial charge in [0.1, 0.15) is 0 Å². The SMILES string of the molecule is CCN1CCCC1CNC(=O)c1cc(N)ccc1Br. The Kier molecular flexibility index (Phi) is 4.82. The Balaban J connectivity index is 1.96. The van der Waals surface area contributed by atoms with Crippen LogP contribution < -0.4 is 11.1 Å². The summed E-state index contributed by atoms with van der Waals surface area (Å²) in [7, 11) is 0. The van der Waals surface area contributed by atoms with E-state index in [1.54, 1.807) is 18.2 Å². The molecule has 0 aromatic heterocycles. The summed E-state index contributed by atoms with van der Waals surface area (Å²) in [5.41, 5.74) is 6.92. The molecule has 1 amide bonds. The van der Waals surface area contributed by atoms with Gasteiger partial charge in [0.15, 0.2) is 0 Å². The molecule has 104 valence electrons. The minimum atomic E-state index is -0.0675. The highest BCUT2D eigenvalue weighted by atomic mass is 79.9. The largest absolute Gasteiger partial charge is 0.399 e. The molecule has 1 unspecified atom stereocenters. The number of anilines is 1. The molecule has 3 N–H and O–H groups in total. The molecular formula is C14H20BrN3O. The number of amides is 1. The van der Waals surface area contributed by atoms with Gasteiger partial charge < -0.3 is 11.1 Å². The summed E-state index contributed by atoms with van der Waals surface area (Å²) < 4.78 is 0.776. The van der Waals surface area contributed by atoms with E-state index in [0.717, 1.165) is 24.0 Å². The van der Waals surface area contributed by atoms with Gasteiger partial charge in [0, 0.05) is 22.7 Å². The molecule has 1 atom stereocenters. The van der Waals surface area contributed by atoms with Gasteiger partial charge in [0.05, 0.1) is 5.56 Å². The van der Waals surface area contributed by atoms with E-state index < -0.39 is 0 Å². The number of rotatable bonds is 4. The average molecular weight is 326 g/mol. The monoisotopic (exact) mass is 325 g/mol. The van der Waals surface area contributed by atoms with Crippen molar-refractivity contribution < 1.29 is 4.79 Å². The first-order chi connectivity index (χ1) is 9.11. The Bertz CT molecular complexity index is 464. The topological polar surface area (TPSA) is 58.4 Å². The van der Waals surface area contributed by atoms with E-state index >= 15 is 0 Å². The molecule has 0 spiro atoms. The highest BCUT2D eigenvalue weighted by Gasteiger charge is 2.23. The van der Waals surface area contributed by atoms with Gasteiger partial charge in [-0.1, -0.05) is 6.92 Å². The molecule has 1 heterocycles. The van der Waals surface area contributed by atoms with Crippen LogP contribution in [0.2, 0.25) is 0 Å². The zero-order valence-electron chi connectivity index (χ0n) is 11.2. The van der Waals surface area contributed by atoms with Crippen molar-refractivity contribution >= 4 is 27.5 Å². The smallest absolute Gasteiger partial charge is 0.252 e. The van der Waals surface area contributed by atoms with Crippen LogP contribution >= 0.6 is 15.9 Å². The van der Waals surface area contributed by atoms with Crippen LogP contribution in [0.5, 0.6) is 0 Å². The minimum Gasteiger partial charge on any atom is -0.399 e. The number of likely N-dealkylation sites (N-methyl/N-ethyl adjacent to an activating group) is 1. The molecule has 1 saturated heterocycles. The van der Waals surface area contributed by atoms with E-state index in [-0.39, 0.29) is 5.91 Å². The van der Waals surface area contributed by atoms with Crippen molar-refractivity contribution in [1.29, 1.82) is 0 Å². The summed E-state index contributed by atoms with van der Waals surface area (Å²) >= 11 is 3.38. The first-order valence-electron chi connectivity index (χ1n) is 6.69. The van der Waals surface area contributed by atoms with Crippen molar-refractivity contribution in [2.75, 3.05) is 25.4 Å². The maximum Gasteiger partial charge on any atom is 0.252 e. The van der Waals surface area contributed by atoms with Crippen LogP contribution in [0.1, 0.15) is 30.1 Å². The summed E-state index contributed by atoms with van der Waals surface area (Å²) in [6, 6.07) is 5.74. The van der Waals surface area contributed by atoms with E-state index in [1.807, 2.05) is 0 Å². The molecule has 2 rings (SSSR count). The highest BCUT2D eigenvalue weighted by molar-refractivity contribution is 9.10. The highest BCUT2D eigenvalue weighted by Crippen LogP contribution is 2.20. The van der Waals surface area contributed by atoms with E-state index in [0.29, 0.717) is 23.8 Å². The number of carbonyl (C=O) groups is 1. The number of nitrogens with one attached hydrogen (secondary N) is 1. The van der Waals surface area contributed by atoms with Crippen molar-refractivity contribution in [2.24, 2.45) is 0 Å². The second-order valence-electron chi connectivity index (χ2n) is 4.87. The number of nitrogens with zero attached hydrogens (tertiary/aromatic N) is 1. The van der Waals surface area contributed by atoms with Crippen LogP contribution in [-0.4, -0.2) is 36.5 Å². The summed E-state index contributed by atoms with van der Waals surface area (Å²) in [6.45, 7) is 5.05. The Morgan fingerprint density at radius 2 is 2.37 bits per heavy atom. The van der Waals surface area contributed by atoms with Crippen LogP contribution in [0.3, 0.4) is 0 Å².